The van der Waals surface area contributed by atoms with Crippen molar-refractivity contribution >= 4 is 32.8 Å². The fourth-order valence-electron chi connectivity index (χ4n) is 10.8. The molecule has 0 unspecified atom stereocenters. The number of aromatic hydroxyl groups is 1. The Labute approximate surface area is 473 Å². The van der Waals surface area contributed by atoms with Gasteiger partial charge in [0.15, 0.2) is 0 Å². The standard InChI is InChI=1S/C72H63N4O.Pt/c1-70(2,3)54-37-52(59-27-20-29-65-68(59)74-69(62-26-17-19-30-67(62)77)76(65)58-44-55(71(4,5)6)43-56(45-58)72(7,8)9)36-53(38-54)63-41-49(33-34-73-63)48-31-32-61-60-25-16-18-28-64(60)75(66(61)42-48)57-39-50(46-21-12-10-13-22-46)35-51(40-57)47-23-14-11-15-24-47;/h10-35,37-45,77H,1-9H3;/q-1;. The van der Waals surface area contributed by atoms with Gasteiger partial charge in [-0.05, 0) is 127 Å². The van der Waals surface area contributed by atoms with Crippen LogP contribution in [0.25, 0.3) is 111 Å². The molecule has 12 rings (SSSR count). The van der Waals surface area contributed by atoms with Crippen LogP contribution in [0.5, 0.6) is 5.75 Å². The number of hydrogen-bond donors (Lipinski definition) is 1. The number of phenolic OH excluding ortho intramolecular Hbond substituents is 1. The average molecular weight is 1200 g/mol. The van der Waals surface area contributed by atoms with Gasteiger partial charge in [-0.3, -0.25) is 9.55 Å². The van der Waals surface area contributed by atoms with Crippen LogP contribution in [-0.4, -0.2) is 24.2 Å². The third kappa shape index (κ3) is 9.71. The Morgan fingerprint density at radius 1 is 0.397 bits per heavy atom. The number of phenols is 1. The summed E-state index contributed by atoms with van der Waals surface area (Å²) in [4.78, 5) is 10.6. The molecule has 0 atom stereocenters. The molecular weight excluding hydrogens is 1130 g/mol. The minimum Gasteiger partial charge on any atom is -0.507 e. The maximum absolute atomic E-state index is 11.5. The number of aromatic nitrogens is 4. The monoisotopic (exact) mass is 1190 g/mol. The Morgan fingerprint density at radius 3 is 1.59 bits per heavy atom. The Morgan fingerprint density at radius 2 is 0.936 bits per heavy atom. The van der Waals surface area contributed by atoms with Crippen LogP contribution >= 0.6 is 0 Å². The van der Waals surface area contributed by atoms with Crippen molar-refractivity contribution in [2.75, 3.05) is 0 Å². The first-order valence-corrected chi connectivity index (χ1v) is 26.8. The minimum atomic E-state index is -0.197. The molecule has 0 saturated heterocycles. The van der Waals surface area contributed by atoms with Gasteiger partial charge in [-0.2, -0.15) is 0 Å². The van der Waals surface area contributed by atoms with Crippen LogP contribution in [0.4, 0.5) is 0 Å². The van der Waals surface area contributed by atoms with E-state index in [4.69, 9.17) is 9.97 Å². The van der Waals surface area contributed by atoms with Crippen molar-refractivity contribution in [3.63, 3.8) is 0 Å². The van der Waals surface area contributed by atoms with E-state index in [1.54, 1.807) is 6.07 Å². The van der Waals surface area contributed by atoms with Gasteiger partial charge in [0.05, 0.1) is 27.6 Å². The van der Waals surface area contributed by atoms with Gasteiger partial charge in [-0.25, -0.2) is 4.98 Å². The molecule has 0 aliphatic heterocycles. The summed E-state index contributed by atoms with van der Waals surface area (Å²) >= 11 is 0. The van der Waals surface area contributed by atoms with Crippen LogP contribution in [0.3, 0.4) is 0 Å². The molecule has 0 saturated carbocycles. The van der Waals surface area contributed by atoms with E-state index in [2.05, 4.69) is 260 Å². The Bertz CT molecular complexity index is 4130. The molecular formula is C72H63N4OPt-. The summed E-state index contributed by atoms with van der Waals surface area (Å²) in [7, 11) is 0. The van der Waals surface area contributed by atoms with Crippen molar-refractivity contribution in [2.24, 2.45) is 0 Å². The molecule has 9 aromatic carbocycles. The first-order chi connectivity index (χ1) is 37.0. The first kappa shape index (κ1) is 52.0. The van der Waals surface area contributed by atoms with Gasteiger partial charge in [-0.15, -0.1) is 29.3 Å². The first-order valence-electron chi connectivity index (χ1n) is 26.8. The molecule has 0 radical (unpaired) electrons. The summed E-state index contributed by atoms with van der Waals surface area (Å²) in [5, 5.41) is 13.9. The second kappa shape index (κ2) is 20.0. The number of hydrogen-bond acceptors (Lipinski definition) is 3. The van der Waals surface area contributed by atoms with Gasteiger partial charge < -0.3 is 9.67 Å². The van der Waals surface area contributed by atoms with E-state index in [0.717, 1.165) is 83.6 Å². The molecule has 0 bridgehead atoms. The van der Waals surface area contributed by atoms with Gasteiger partial charge in [0.2, 0.25) is 0 Å². The van der Waals surface area contributed by atoms with Gasteiger partial charge in [0.25, 0.3) is 0 Å². The second-order valence-electron chi connectivity index (χ2n) is 23.7. The van der Waals surface area contributed by atoms with Crippen molar-refractivity contribution < 1.29 is 26.2 Å². The number of rotatable bonds is 8. The quantitative estimate of drug-likeness (QED) is 0.154. The van der Waals surface area contributed by atoms with Crippen LogP contribution in [0.1, 0.15) is 79.0 Å². The fourth-order valence-corrected chi connectivity index (χ4v) is 10.8. The van der Waals surface area contributed by atoms with E-state index in [1.807, 2.05) is 24.4 Å². The predicted molar refractivity (Wildman–Crippen MR) is 322 cm³/mol. The van der Waals surface area contributed by atoms with E-state index < -0.39 is 0 Å². The number of pyridine rings is 1. The maximum Gasteiger partial charge on any atom is 0.148 e. The van der Waals surface area contributed by atoms with Gasteiger partial charge >= 0.3 is 0 Å². The molecule has 78 heavy (non-hydrogen) atoms. The van der Waals surface area contributed by atoms with Crippen molar-refractivity contribution in [3.8, 4) is 84.3 Å². The molecule has 388 valence electrons. The average Bonchev–Trinajstić information content (AvgIpc) is 4.21. The third-order valence-corrected chi connectivity index (χ3v) is 15.2. The predicted octanol–water partition coefficient (Wildman–Crippen LogP) is 18.9. The number of para-hydroxylation sites is 3. The van der Waals surface area contributed by atoms with E-state index >= 15 is 0 Å². The van der Waals surface area contributed by atoms with Gasteiger partial charge in [0, 0.05) is 55.1 Å². The van der Waals surface area contributed by atoms with E-state index in [1.165, 1.54) is 33.0 Å². The van der Waals surface area contributed by atoms with E-state index in [9.17, 15) is 5.11 Å². The summed E-state index contributed by atoms with van der Waals surface area (Å²) in [6.07, 6.45) is 1.93. The number of benzene rings is 9. The van der Waals surface area contributed by atoms with E-state index in [-0.39, 0.29) is 43.1 Å². The summed E-state index contributed by atoms with van der Waals surface area (Å²) in [5.74, 6) is 0.854. The number of imidazole rings is 1. The molecule has 6 heteroatoms. The largest absolute Gasteiger partial charge is 0.507 e. The molecule has 5 nitrogen and oxygen atoms in total. The molecule has 3 aromatic heterocycles. The Kier molecular flexibility index (Phi) is 13.3. The summed E-state index contributed by atoms with van der Waals surface area (Å²) in [5.41, 5.74) is 20.5. The van der Waals surface area contributed by atoms with Crippen LogP contribution in [0, 0.1) is 6.07 Å². The Balaban J connectivity index is 0.00000645. The van der Waals surface area contributed by atoms with Crippen molar-refractivity contribution in [1.82, 2.24) is 19.1 Å². The summed E-state index contributed by atoms with van der Waals surface area (Å²) in [6, 6.07) is 77.5. The summed E-state index contributed by atoms with van der Waals surface area (Å²) in [6.45, 7) is 20.4. The van der Waals surface area contributed by atoms with Crippen LogP contribution in [0.15, 0.2) is 212 Å². The summed E-state index contributed by atoms with van der Waals surface area (Å²) < 4.78 is 4.66. The zero-order chi connectivity index (χ0) is 53.4. The van der Waals surface area contributed by atoms with Crippen molar-refractivity contribution in [3.05, 3.63) is 235 Å². The topological polar surface area (TPSA) is 55.9 Å². The molecule has 0 aliphatic carbocycles. The van der Waals surface area contributed by atoms with E-state index in [0.29, 0.717) is 11.4 Å². The third-order valence-electron chi connectivity index (χ3n) is 15.2. The number of fused-ring (bicyclic) bond motifs is 4. The molecule has 0 spiro atoms. The molecule has 12 aromatic rings. The fraction of sp³-hybridized carbons (Fsp3) is 0.167. The molecule has 3 heterocycles. The molecule has 0 amide bonds. The minimum absolute atomic E-state index is 0. The zero-order valence-corrected chi connectivity index (χ0v) is 48.0. The molecule has 0 fully saturated rings. The second-order valence-corrected chi connectivity index (χ2v) is 23.7. The normalized spacial score (nSPS) is 12.1. The van der Waals surface area contributed by atoms with Gasteiger partial charge in [-0.1, -0.05) is 201 Å². The van der Waals surface area contributed by atoms with Crippen LogP contribution in [0.2, 0.25) is 0 Å². The Hall–Kier alpha value is -8.11. The maximum atomic E-state index is 11.5. The molecule has 0 aliphatic rings. The zero-order valence-electron chi connectivity index (χ0n) is 45.8. The van der Waals surface area contributed by atoms with Gasteiger partial charge in [0.1, 0.15) is 11.6 Å². The molecule has 1 N–H and O–H groups in total. The SMILES string of the molecule is CC(C)(C)c1cc(-c2cc(-c3ccc4c5ccccc5n(-c5cc(-c6ccccc6)cc(-c6ccccc6)c5)c4c3)ccn2)[c-]c(-c2cccc3c2nc(-c2ccccc2O)n3-c2cc(C(C)(C)C)cc(C(C)(C)C)c2)c1.[Pt]. The van der Waals surface area contributed by atoms with Crippen LogP contribution in [-0.2, 0) is 37.3 Å². The van der Waals surface area contributed by atoms with Crippen LogP contribution < -0.4 is 0 Å². The van der Waals surface area contributed by atoms with Crippen molar-refractivity contribution in [1.29, 1.82) is 0 Å². The smallest absolute Gasteiger partial charge is 0.148 e. The van der Waals surface area contributed by atoms with Crippen molar-refractivity contribution in [2.45, 2.75) is 78.6 Å². The number of nitrogens with zero attached hydrogens (tertiary/aromatic N) is 4.